The first-order chi connectivity index (χ1) is 9.11. The minimum atomic E-state index is -2.93. The first-order valence-electron chi connectivity index (χ1n) is 6.31. The van der Waals surface area contributed by atoms with E-state index in [0.29, 0.717) is 12.2 Å². The molecule has 1 unspecified atom stereocenters. The molecule has 102 valence electrons. The summed E-state index contributed by atoms with van der Waals surface area (Å²) in [4.78, 5) is 4.41. The lowest BCUT2D eigenvalue weighted by molar-refractivity contribution is 0.417. The van der Waals surface area contributed by atoms with Gasteiger partial charge in [-0.25, -0.2) is 13.4 Å². The van der Waals surface area contributed by atoms with E-state index in [0.717, 1.165) is 23.5 Å². The fraction of sp³-hybridized carbons (Fsp3) is 0.462. The van der Waals surface area contributed by atoms with Crippen LogP contribution in [0.2, 0.25) is 0 Å². The van der Waals surface area contributed by atoms with Crippen LogP contribution in [-0.4, -0.2) is 36.4 Å². The van der Waals surface area contributed by atoms with E-state index in [-0.39, 0.29) is 11.7 Å². The Balaban J connectivity index is 2.06. The van der Waals surface area contributed by atoms with Gasteiger partial charge < -0.3 is 9.14 Å². The van der Waals surface area contributed by atoms with Crippen molar-refractivity contribution in [3.8, 4) is 5.75 Å². The van der Waals surface area contributed by atoms with Crippen LogP contribution in [0.5, 0.6) is 5.75 Å². The predicted molar refractivity (Wildman–Crippen MR) is 72.4 cm³/mol. The number of imidazole rings is 1. The summed E-state index contributed by atoms with van der Waals surface area (Å²) in [6.07, 6.45) is 5.23. The summed E-state index contributed by atoms with van der Waals surface area (Å²) in [7, 11) is -1.31. The Morgan fingerprint density at radius 1 is 1.47 bits per heavy atom. The number of ether oxygens (including phenoxy) is 1. The lowest BCUT2D eigenvalue weighted by Gasteiger charge is -2.21. The van der Waals surface area contributed by atoms with Gasteiger partial charge in [-0.2, -0.15) is 0 Å². The number of aromatic nitrogens is 2. The second-order valence-corrected chi connectivity index (χ2v) is 7.13. The highest BCUT2D eigenvalue weighted by Gasteiger charge is 2.28. The first kappa shape index (κ1) is 12.5. The zero-order chi connectivity index (χ0) is 13.5. The molecular formula is C13H16N2O3S. The molecule has 1 atom stereocenters. The van der Waals surface area contributed by atoms with Crippen molar-refractivity contribution < 1.29 is 13.2 Å². The van der Waals surface area contributed by atoms with Crippen molar-refractivity contribution in [3.63, 3.8) is 0 Å². The molecule has 3 rings (SSSR count). The third-order valence-electron chi connectivity index (χ3n) is 3.61. The largest absolute Gasteiger partial charge is 0.494 e. The van der Waals surface area contributed by atoms with Crippen LogP contribution < -0.4 is 4.74 Å². The lowest BCUT2D eigenvalue weighted by Crippen LogP contribution is -2.25. The Bertz CT molecular complexity index is 706. The second-order valence-electron chi connectivity index (χ2n) is 4.90. The molecule has 0 radical (unpaired) electrons. The van der Waals surface area contributed by atoms with E-state index in [9.17, 15) is 8.42 Å². The summed E-state index contributed by atoms with van der Waals surface area (Å²) >= 11 is 0. The van der Waals surface area contributed by atoms with Crippen molar-refractivity contribution in [3.05, 3.63) is 30.4 Å². The Hall–Kier alpha value is -1.56. The molecule has 0 N–H and O–H groups in total. The quantitative estimate of drug-likeness (QED) is 0.839. The maximum atomic E-state index is 11.8. The van der Waals surface area contributed by atoms with Gasteiger partial charge in [0.15, 0.2) is 9.84 Å². The van der Waals surface area contributed by atoms with Crippen LogP contribution in [0.1, 0.15) is 24.6 Å². The summed E-state index contributed by atoms with van der Waals surface area (Å²) < 4.78 is 30.7. The zero-order valence-electron chi connectivity index (χ0n) is 10.7. The average Bonchev–Trinajstić information content (AvgIpc) is 2.81. The number of hydrogen-bond acceptors (Lipinski definition) is 4. The van der Waals surface area contributed by atoms with Crippen LogP contribution in [0, 0.1) is 0 Å². The van der Waals surface area contributed by atoms with Crippen molar-refractivity contribution >= 4 is 15.4 Å². The molecule has 5 nitrogen and oxygen atoms in total. The maximum Gasteiger partial charge on any atom is 0.151 e. The molecule has 0 amide bonds. The summed E-state index contributed by atoms with van der Waals surface area (Å²) in [5.41, 5.74) is 0.878. The van der Waals surface area contributed by atoms with E-state index in [2.05, 4.69) is 4.98 Å². The Labute approximate surface area is 112 Å². The summed E-state index contributed by atoms with van der Waals surface area (Å²) in [5.74, 6) is 2.05. The highest BCUT2D eigenvalue weighted by atomic mass is 32.2. The predicted octanol–water partition coefficient (Wildman–Crippen LogP) is 1.64. The van der Waals surface area contributed by atoms with Gasteiger partial charge in [-0.3, -0.25) is 0 Å². The van der Waals surface area contributed by atoms with E-state index in [1.54, 1.807) is 13.3 Å². The first-order valence-corrected chi connectivity index (χ1v) is 8.13. The summed E-state index contributed by atoms with van der Waals surface area (Å²) in [5, 5.41) is 0. The van der Waals surface area contributed by atoms with Crippen LogP contribution in [0.3, 0.4) is 0 Å². The molecule has 6 heteroatoms. The van der Waals surface area contributed by atoms with Crippen molar-refractivity contribution in [1.29, 1.82) is 0 Å². The Morgan fingerprint density at radius 3 is 3.05 bits per heavy atom. The molecule has 1 aliphatic rings. The number of hydrogen-bond donors (Lipinski definition) is 0. The highest BCUT2D eigenvalue weighted by Crippen LogP contribution is 2.30. The summed E-state index contributed by atoms with van der Waals surface area (Å²) in [6, 6.07) is 3.76. The Morgan fingerprint density at radius 2 is 2.32 bits per heavy atom. The van der Waals surface area contributed by atoms with Crippen LogP contribution in [0.15, 0.2) is 24.5 Å². The SMILES string of the molecule is COc1cccn2c(C3CCCS(=O)(=O)C3)ncc12. The fourth-order valence-electron chi connectivity index (χ4n) is 2.72. The van der Waals surface area contributed by atoms with E-state index in [4.69, 9.17) is 4.74 Å². The average molecular weight is 280 g/mol. The second kappa shape index (κ2) is 4.52. The minimum absolute atomic E-state index is 0.0200. The molecule has 1 fully saturated rings. The topological polar surface area (TPSA) is 60.7 Å². The molecular weight excluding hydrogens is 264 g/mol. The van der Waals surface area contributed by atoms with Crippen molar-refractivity contribution in [2.45, 2.75) is 18.8 Å². The zero-order valence-corrected chi connectivity index (χ0v) is 11.6. The van der Waals surface area contributed by atoms with Gasteiger partial charge in [0.25, 0.3) is 0 Å². The van der Waals surface area contributed by atoms with Crippen molar-refractivity contribution in [2.24, 2.45) is 0 Å². The fourth-order valence-corrected chi connectivity index (χ4v) is 4.42. The van der Waals surface area contributed by atoms with Gasteiger partial charge in [0.05, 0.1) is 24.8 Å². The molecule has 1 saturated heterocycles. The summed E-state index contributed by atoms with van der Waals surface area (Å²) in [6.45, 7) is 0. The molecule has 1 aliphatic heterocycles. The molecule has 0 bridgehead atoms. The molecule has 2 aromatic rings. The number of sulfone groups is 1. The number of rotatable bonds is 2. The highest BCUT2D eigenvalue weighted by molar-refractivity contribution is 7.91. The molecule has 2 aromatic heterocycles. The van der Waals surface area contributed by atoms with Crippen LogP contribution in [0.4, 0.5) is 0 Å². The minimum Gasteiger partial charge on any atom is -0.494 e. The van der Waals surface area contributed by atoms with Gasteiger partial charge in [0.2, 0.25) is 0 Å². The molecule has 3 heterocycles. The van der Waals surface area contributed by atoms with Crippen LogP contribution >= 0.6 is 0 Å². The monoisotopic (exact) mass is 280 g/mol. The van der Waals surface area contributed by atoms with Gasteiger partial charge in [0, 0.05) is 12.1 Å². The maximum absolute atomic E-state index is 11.8. The molecule has 0 spiro atoms. The van der Waals surface area contributed by atoms with Gasteiger partial charge in [0.1, 0.15) is 17.1 Å². The molecule has 19 heavy (non-hydrogen) atoms. The van der Waals surface area contributed by atoms with Gasteiger partial charge in [-0.1, -0.05) is 0 Å². The van der Waals surface area contributed by atoms with Gasteiger partial charge >= 0.3 is 0 Å². The number of fused-ring (bicyclic) bond motifs is 1. The van der Waals surface area contributed by atoms with E-state index < -0.39 is 9.84 Å². The molecule has 0 aromatic carbocycles. The molecule has 0 saturated carbocycles. The third kappa shape index (κ3) is 2.20. The number of methoxy groups -OCH3 is 1. The van der Waals surface area contributed by atoms with Crippen molar-refractivity contribution in [1.82, 2.24) is 9.38 Å². The number of nitrogens with zero attached hydrogens (tertiary/aromatic N) is 2. The van der Waals surface area contributed by atoms with Gasteiger partial charge in [-0.05, 0) is 25.0 Å². The standard InChI is InChI=1S/C13H16N2O3S/c1-18-12-5-2-6-15-11(12)8-14-13(15)10-4-3-7-19(16,17)9-10/h2,5-6,8,10H,3-4,7,9H2,1H3. The normalized spacial score (nSPS) is 22.5. The van der Waals surface area contributed by atoms with E-state index >= 15 is 0 Å². The van der Waals surface area contributed by atoms with E-state index in [1.807, 2.05) is 22.7 Å². The number of pyridine rings is 1. The van der Waals surface area contributed by atoms with Gasteiger partial charge in [-0.15, -0.1) is 0 Å². The van der Waals surface area contributed by atoms with Crippen molar-refractivity contribution in [2.75, 3.05) is 18.6 Å². The van der Waals surface area contributed by atoms with E-state index in [1.165, 1.54) is 0 Å². The molecule has 0 aliphatic carbocycles. The smallest absolute Gasteiger partial charge is 0.151 e. The van der Waals surface area contributed by atoms with Crippen LogP contribution in [0.25, 0.3) is 5.52 Å². The lowest BCUT2D eigenvalue weighted by atomic mass is 10.1. The van der Waals surface area contributed by atoms with Crippen LogP contribution in [-0.2, 0) is 9.84 Å². The third-order valence-corrected chi connectivity index (χ3v) is 5.43. The Kier molecular flexibility index (Phi) is 2.97.